The molecule has 19 nitrogen and oxygen atoms in total. The smallest absolute Gasteiger partial charge is 0.188 e. The van der Waals surface area contributed by atoms with E-state index in [4.69, 9.17) is 29.2 Å². The maximum atomic E-state index is 12.9. The van der Waals surface area contributed by atoms with Crippen molar-refractivity contribution in [3.63, 3.8) is 0 Å². The zero-order valence-electron chi connectivity index (χ0n) is 52.4. The number of anilines is 3. The second-order valence-corrected chi connectivity index (χ2v) is 26.2. The molecule has 456 valence electrons. The minimum absolute atomic E-state index is 0.0221. The van der Waals surface area contributed by atoms with Gasteiger partial charge in [0.05, 0.1) is 58.5 Å². The molecule has 3 aromatic carbocycles. The van der Waals surface area contributed by atoms with Gasteiger partial charge in [-0.3, -0.25) is 14.4 Å². The molecule has 0 spiro atoms. The number of phenols is 1. The SMILES string of the molecule is CC(C)(C)C(=O)c1c[nH]c2ncc(-c3cc(O)cc(N4CCCC4)c3)nc12.CC(C)Oc1cc(-c2cnc3[nH]cc(C(=O)C(C)(C)C)c3n2)cc(N2CCCC2)c1.COCOc1cc(-c2cnc3[nH]cc(C(=O)C(C)(C)C)c3n2)cc(N2CCCC2)c1. The molecule has 19 heteroatoms. The number of hydrogen-bond acceptors (Lipinski definition) is 16. The first-order valence-corrected chi connectivity index (χ1v) is 30.3. The van der Waals surface area contributed by atoms with Crippen molar-refractivity contribution in [1.29, 1.82) is 0 Å². The lowest BCUT2D eigenvalue weighted by molar-refractivity contribution is 0.0512. The Morgan fingerprint density at radius 2 is 0.828 bits per heavy atom. The number of fused-ring (bicyclic) bond motifs is 3. The molecule has 12 rings (SSSR count). The molecule has 0 bridgehead atoms. The van der Waals surface area contributed by atoms with Crippen molar-refractivity contribution in [3.05, 3.63) is 108 Å². The number of nitrogens with zero attached hydrogens (tertiary/aromatic N) is 9. The Hall–Kier alpha value is -8.71. The number of phenolic OH excluding ortho intramolecular Hbond substituents is 1. The summed E-state index contributed by atoms with van der Waals surface area (Å²) in [6, 6.07) is 17.8. The normalized spacial score (nSPS) is 14.7. The molecule has 87 heavy (non-hydrogen) atoms. The molecule has 0 radical (unpaired) electrons. The number of ketones is 3. The van der Waals surface area contributed by atoms with E-state index >= 15 is 0 Å². The Morgan fingerprint density at radius 3 is 1.17 bits per heavy atom. The van der Waals surface area contributed by atoms with Crippen LogP contribution in [-0.4, -0.2) is 127 Å². The summed E-state index contributed by atoms with van der Waals surface area (Å²) in [4.78, 5) is 82.5. The highest BCUT2D eigenvalue weighted by Gasteiger charge is 2.30. The standard InChI is InChI=1S/C24H30N4O2.C23H28N4O3.C21H24N4O2/c1-15(2)30-18-11-16(10-17(12-18)28-8-6-7-9-28)20-14-26-23-21(27-20)19(13-25-23)22(29)24(3,4)5;1-23(2,3)21(28)18-12-24-22-20(18)26-19(13-25-22)15-9-16(27-7-5-6-8-27)11-17(10-15)30-14-29-4;1-21(2,3)19(27)16-11-22-20-18(16)24-17(12-23-20)13-8-14(10-15(26)9-13)25-6-4-5-7-25/h10-15H,6-9H2,1-5H3,(H,25,26);9-13H,5-8,14H2,1-4H3,(H,24,25);8-12,26H,4-7H2,1-3H3,(H,22,23). The van der Waals surface area contributed by atoms with Crippen LogP contribution < -0.4 is 24.2 Å². The first-order chi connectivity index (χ1) is 41.4. The molecule has 0 aliphatic carbocycles. The summed E-state index contributed by atoms with van der Waals surface area (Å²) in [5.41, 5.74) is 11.8. The number of Topliss-reactive ketones (excluding diaryl/α,β-unsaturated/α-hetero) is 3. The third-order valence-corrected chi connectivity index (χ3v) is 15.6. The van der Waals surface area contributed by atoms with Crippen LogP contribution in [-0.2, 0) is 4.74 Å². The minimum Gasteiger partial charge on any atom is -0.508 e. The van der Waals surface area contributed by atoms with E-state index < -0.39 is 16.2 Å². The van der Waals surface area contributed by atoms with Crippen LogP contribution in [0.4, 0.5) is 17.1 Å². The van der Waals surface area contributed by atoms with Gasteiger partial charge >= 0.3 is 0 Å². The number of carbonyl (C=O) groups is 3. The highest BCUT2D eigenvalue weighted by Crippen LogP contribution is 2.37. The molecule has 3 aliphatic heterocycles. The number of rotatable bonds is 14. The van der Waals surface area contributed by atoms with Crippen LogP contribution in [0.25, 0.3) is 67.3 Å². The summed E-state index contributed by atoms with van der Waals surface area (Å²) in [5, 5.41) is 10.2. The number of aromatic nitrogens is 9. The molecule has 3 saturated heterocycles. The molecule has 9 aromatic rings. The van der Waals surface area contributed by atoms with Crippen LogP contribution in [0.15, 0.2) is 91.8 Å². The monoisotopic (exact) mass is 1180 g/mol. The number of aromatic hydroxyl groups is 1. The van der Waals surface area contributed by atoms with Gasteiger partial charge in [0.15, 0.2) is 41.1 Å². The van der Waals surface area contributed by atoms with E-state index in [0.29, 0.717) is 61.6 Å². The van der Waals surface area contributed by atoms with Gasteiger partial charge in [0.1, 0.15) is 33.8 Å². The molecule has 0 saturated carbocycles. The summed E-state index contributed by atoms with van der Waals surface area (Å²) >= 11 is 0. The molecule has 3 fully saturated rings. The molecule has 0 unspecified atom stereocenters. The van der Waals surface area contributed by atoms with Crippen LogP contribution in [0.5, 0.6) is 17.2 Å². The first-order valence-electron chi connectivity index (χ1n) is 30.3. The highest BCUT2D eigenvalue weighted by atomic mass is 16.7. The van der Waals surface area contributed by atoms with Gasteiger partial charge in [-0.1, -0.05) is 62.3 Å². The predicted octanol–water partition coefficient (Wildman–Crippen LogP) is 13.8. The Balaban J connectivity index is 0.000000145. The van der Waals surface area contributed by atoms with Gasteiger partial charge in [-0.2, -0.15) is 0 Å². The van der Waals surface area contributed by atoms with Crippen molar-refractivity contribution in [1.82, 2.24) is 44.9 Å². The molecule has 3 aliphatic rings. The van der Waals surface area contributed by atoms with Crippen molar-refractivity contribution < 1.29 is 33.7 Å². The molecule has 9 heterocycles. The first kappa shape index (κ1) is 61.4. The fourth-order valence-electron chi connectivity index (χ4n) is 11.1. The summed E-state index contributed by atoms with van der Waals surface area (Å²) in [6.45, 7) is 27.5. The van der Waals surface area contributed by atoms with E-state index in [9.17, 15) is 19.5 Å². The van der Waals surface area contributed by atoms with E-state index in [1.807, 2.05) is 100 Å². The number of H-pyrrole nitrogens is 3. The summed E-state index contributed by atoms with van der Waals surface area (Å²) < 4.78 is 16.8. The van der Waals surface area contributed by atoms with Crippen molar-refractivity contribution in [2.24, 2.45) is 16.2 Å². The molecule has 6 aromatic heterocycles. The van der Waals surface area contributed by atoms with E-state index in [2.05, 4.69) is 62.8 Å². The van der Waals surface area contributed by atoms with E-state index in [-0.39, 0.29) is 36.0 Å². The zero-order valence-corrected chi connectivity index (χ0v) is 52.4. The van der Waals surface area contributed by atoms with Crippen molar-refractivity contribution in [2.45, 2.75) is 121 Å². The van der Waals surface area contributed by atoms with Gasteiger partial charge < -0.3 is 49.0 Å². The number of hydrogen-bond donors (Lipinski definition) is 4. The van der Waals surface area contributed by atoms with Gasteiger partial charge in [0.2, 0.25) is 0 Å². The van der Waals surface area contributed by atoms with E-state index in [1.165, 1.54) is 38.5 Å². The van der Waals surface area contributed by atoms with Crippen LogP contribution in [0.2, 0.25) is 0 Å². The van der Waals surface area contributed by atoms with Crippen LogP contribution in [0.3, 0.4) is 0 Å². The largest absolute Gasteiger partial charge is 0.508 e. The number of benzene rings is 3. The Kier molecular flexibility index (Phi) is 17.9. The lowest BCUT2D eigenvalue weighted by Crippen LogP contribution is -2.20. The van der Waals surface area contributed by atoms with Crippen molar-refractivity contribution in [2.75, 3.05) is 67.9 Å². The number of carbonyl (C=O) groups excluding carboxylic acids is 3. The zero-order chi connectivity index (χ0) is 62.0. The Labute approximate surface area is 508 Å². The quantitative estimate of drug-likeness (QED) is 0.0585. The summed E-state index contributed by atoms with van der Waals surface area (Å²) in [6.07, 6.45) is 17.5. The number of aromatic amines is 3. The second kappa shape index (κ2) is 25.3. The average molecular weight is 1180 g/mol. The molecule has 0 amide bonds. The van der Waals surface area contributed by atoms with E-state index in [1.54, 1.807) is 56.4 Å². The fourth-order valence-corrected chi connectivity index (χ4v) is 11.1. The van der Waals surface area contributed by atoms with Gasteiger partial charge in [-0.15, -0.1) is 0 Å². The Morgan fingerprint density at radius 1 is 0.494 bits per heavy atom. The minimum atomic E-state index is -0.499. The molecular weight excluding hydrogens is 1100 g/mol. The van der Waals surface area contributed by atoms with Crippen LogP contribution >= 0.6 is 0 Å². The lowest BCUT2D eigenvalue weighted by Gasteiger charge is -2.21. The summed E-state index contributed by atoms with van der Waals surface area (Å²) in [5.74, 6) is 1.86. The molecule has 0 atom stereocenters. The van der Waals surface area contributed by atoms with Crippen molar-refractivity contribution >= 4 is 67.9 Å². The summed E-state index contributed by atoms with van der Waals surface area (Å²) in [7, 11) is 1.60. The third-order valence-electron chi connectivity index (χ3n) is 15.6. The maximum absolute atomic E-state index is 12.9. The van der Waals surface area contributed by atoms with Gasteiger partial charge in [-0.05, 0) is 88.8 Å². The molecular formula is C68H82N12O7. The number of nitrogens with one attached hydrogen (secondary N) is 3. The van der Waals surface area contributed by atoms with Gasteiger partial charge in [0.25, 0.3) is 0 Å². The topological polar surface area (TPSA) is 234 Å². The molecule has 4 N–H and O–H groups in total. The number of methoxy groups -OCH3 is 1. The van der Waals surface area contributed by atoms with Gasteiger partial charge in [0, 0.05) is 133 Å². The van der Waals surface area contributed by atoms with Crippen LogP contribution in [0, 0.1) is 16.2 Å². The predicted molar refractivity (Wildman–Crippen MR) is 344 cm³/mol. The number of ether oxygens (including phenoxy) is 3. The third kappa shape index (κ3) is 14.1. The highest BCUT2D eigenvalue weighted by molar-refractivity contribution is 6.10. The van der Waals surface area contributed by atoms with Crippen LogP contribution in [0.1, 0.15) is 146 Å². The van der Waals surface area contributed by atoms with E-state index in [0.717, 1.165) is 90.2 Å². The fraction of sp³-hybridized carbons (Fsp3) is 0.426. The second-order valence-electron chi connectivity index (χ2n) is 26.2. The van der Waals surface area contributed by atoms with Gasteiger partial charge in [-0.25, -0.2) is 29.9 Å². The average Bonchev–Trinajstić information content (AvgIpc) is 2.71. The Bertz CT molecular complexity index is 3950. The lowest BCUT2D eigenvalue weighted by atomic mass is 9.87. The maximum Gasteiger partial charge on any atom is 0.188 e. The van der Waals surface area contributed by atoms with Crippen molar-refractivity contribution in [3.8, 4) is 51.0 Å².